The molecule has 0 saturated carbocycles. The number of aliphatic hydroxyl groups is 1. The lowest BCUT2D eigenvalue weighted by molar-refractivity contribution is -0.142. The van der Waals surface area contributed by atoms with E-state index >= 15 is 0 Å². The predicted octanol–water partition coefficient (Wildman–Crippen LogP) is 4.83. The summed E-state index contributed by atoms with van der Waals surface area (Å²) in [5, 5.41) is 27.6. The molecule has 0 radical (unpaired) electrons. The second-order valence-corrected chi connectivity index (χ2v) is 9.58. The normalized spacial score (nSPS) is 17.3. The molecule has 2 atom stereocenters. The lowest BCUT2D eigenvalue weighted by atomic mass is 9.94. The van der Waals surface area contributed by atoms with E-state index in [4.69, 9.17) is 9.63 Å². The minimum atomic E-state index is -4.73. The van der Waals surface area contributed by atoms with E-state index in [2.05, 4.69) is 20.1 Å². The van der Waals surface area contributed by atoms with Crippen molar-refractivity contribution in [1.82, 2.24) is 24.8 Å². The number of aliphatic hydroxyl groups excluding tert-OH is 1. The fourth-order valence-electron chi connectivity index (χ4n) is 4.93. The van der Waals surface area contributed by atoms with Crippen LogP contribution in [0.4, 0.5) is 13.2 Å². The van der Waals surface area contributed by atoms with Crippen LogP contribution in [0.25, 0.3) is 28.5 Å². The maximum atomic E-state index is 14.0. The van der Waals surface area contributed by atoms with Gasteiger partial charge in [0.15, 0.2) is 5.69 Å². The van der Waals surface area contributed by atoms with Crippen molar-refractivity contribution in [2.24, 2.45) is 5.92 Å². The second kappa shape index (κ2) is 11.0. The average Bonchev–Trinajstić information content (AvgIpc) is 3.57. The highest BCUT2D eigenvalue weighted by Crippen LogP contribution is 2.38. The Hall–Kier alpha value is -4.03. The number of nitrogens with zero attached hydrogens (tertiary/aromatic N) is 5. The van der Waals surface area contributed by atoms with Gasteiger partial charge in [0.05, 0.1) is 23.6 Å². The molecule has 12 heteroatoms. The van der Waals surface area contributed by atoms with Crippen LogP contribution in [0.5, 0.6) is 0 Å². The Bertz CT molecular complexity index is 1420. The fourth-order valence-corrected chi connectivity index (χ4v) is 4.93. The van der Waals surface area contributed by atoms with E-state index < -0.39 is 23.9 Å². The number of alkyl halides is 3. The Morgan fingerprint density at radius 2 is 1.87 bits per heavy atom. The van der Waals surface area contributed by atoms with Gasteiger partial charge in [-0.3, -0.25) is 4.79 Å². The summed E-state index contributed by atoms with van der Waals surface area (Å²) in [6.45, 7) is 1.78. The number of aliphatic carboxylic acids is 1. The molecule has 4 aromatic rings. The first-order chi connectivity index (χ1) is 18.7. The van der Waals surface area contributed by atoms with E-state index in [1.165, 1.54) is 12.1 Å². The topological polar surface area (TPSA) is 118 Å². The molecule has 2 N–H and O–H groups in total. The number of likely N-dealkylation sites (tertiary alicyclic amines) is 1. The third-order valence-corrected chi connectivity index (χ3v) is 6.75. The third kappa shape index (κ3) is 6.02. The second-order valence-electron chi connectivity index (χ2n) is 9.58. The van der Waals surface area contributed by atoms with Gasteiger partial charge in [0.1, 0.15) is 0 Å². The van der Waals surface area contributed by atoms with Crippen molar-refractivity contribution in [3.05, 3.63) is 72.1 Å². The molecular weight excluding hydrogens is 515 g/mol. The molecule has 9 nitrogen and oxygen atoms in total. The van der Waals surface area contributed by atoms with Gasteiger partial charge in [-0.15, -0.1) is 0 Å². The first-order valence-corrected chi connectivity index (χ1v) is 12.5. The first kappa shape index (κ1) is 26.6. The highest BCUT2D eigenvalue weighted by atomic mass is 19.4. The number of piperidine rings is 1. The summed E-state index contributed by atoms with van der Waals surface area (Å²) in [6, 6.07) is 14.7. The van der Waals surface area contributed by atoms with Gasteiger partial charge in [0, 0.05) is 25.1 Å². The van der Waals surface area contributed by atoms with Crippen molar-refractivity contribution < 1.29 is 32.7 Å². The smallest absolute Gasteiger partial charge is 0.434 e. The Balaban J connectivity index is 1.31. The highest BCUT2D eigenvalue weighted by molar-refractivity contribution is 5.67. The molecule has 0 aliphatic carbocycles. The maximum absolute atomic E-state index is 14.0. The number of benzene rings is 2. The standard InChI is InChI=1S/C27H26F3N5O4/c28-27(29,30)24-21(14-31-35(24)20-6-2-1-3-7-20)26-32-25(33-39-26)19-10-8-18(9-11-19)22(36)16-34-12-4-5-17(15-34)13-23(37)38/h1-3,6-11,14,17,22,36H,4-5,12-13,15-16H2,(H,37,38)/t17-,22+/m1/s1. The van der Waals surface area contributed by atoms with Gasteiger partial charge in [-0.1, -0.05) is 47.6 Å². The van der Waals surface area contributed by atoms with Crippen molar-refractivity contribution in [2.75, 3.05) is 19.6 Å². The molecule has 1 aliphatic heterocycles. The number of β-amino-alcohol motifs (C(OH)–C–C–N with tert-alkyl or cyclic N) is 1. The SMILES string of the molecule is O=C(O)C[C@H]1CCCN(C[C@H](O)c2ccc(-c3noc(-c4cnn(-c5ccccc5)c4C(F)(F)F)n3)cc2)C1. The largest absolute Gasteiger partial charge is 0.481 e. The fraction of sp³-hybridized carbons (Fsp3) is 0.333. The van der Waals surface area contributed by atoms with Crippen LogP contribution in [-0.4, -0.2) is 60.6 Å². The van der Waals surface area contributed by atoms with E-state index in [-0.39, 0.29) is 35.3 Å². The first-order valence-electron chi connectivity index (χ1n) is 12.5. The number of hydrogen-bond acceptors (Lipinski definition) is 7. The van der Waals surface area contributed by atoms with E-state index in [0.717, 1.165) is 30.3 Å². The molecule has 5 rings (SSSR count). The molecule has 1 fully saturated rings. The number of halogens is 3. The Kier molecular flexibility index (Phi) is 7.49. The lowest BCUT2D eigenvalue weighted by Gasteiger charge is -2.33. The number of carboxylic acids is 1. The van der Waals surface area contributed by atoms with Crippen molar-refractivity contribution in [1.29, 1.82) is 0 Å². The predicted molar refractivity (Wildman–Crippen MR) is 134 cm³/mol. The molecule has 3 heterocycles. The van der Waals surface area contributed by atoms with Crippen molar-refractivity contribution in [3.8, 4) is 28.5 Å². The minimum absolute atomic E-state index is 0.0657. The van der Waals surface area contributed by atoms with Crippen LogP contribution in [-0.2, 0) is 11.0 Å². The zero-order valence-electron chi connectivity index (χ0n) is 20.8. The molecule has 0 amide bonds. The van der Waals surface area contributed by atoms with Crippen molar-refractivity contribution in [2.45, 2.75) is 31.5 Å². The third-order valence-electron chi connectivity index (χ3n) is 6.75. The van der Waals surface area contributed by atoms with Gasteiger partial charge in [0.2, 0.25) is 5.82 Å². The molecule has 0 spiro atoms. The molecule has 0 unspecified atom stereocenters. The summed E-state index contributed by atoms with van der Waals surface area (Å²) < 4.78 is 48.0. The Labute approximate surface area is 221 Å². The summed E-state index contributed by atoms with van der Waals surface area (Å²) >= 11 is 0. The van der Waals surface area contributed by atoms with Crippen molar-refractivity contribution in [3.63, 3.8) is 0 Å². The molecule has 204 valence electrons. The van der Waals surface area contributed by atoms with Crippen LogP contribution in [0.15, 0.2) is 65.3 Å². The quantitative estimate of drug-likeness (QED) is 0.326. The van der Waals surface area contributed by atoms with Gasteiger partial charge in [-0.2, -0.15) is 23.3 Å². The van der Waals surface area contributed by atoms with Crippen LogP contribution in [0, 0.1) is 5.92 Å². The number of aromatic nitrogens is 4. The van der Waals surface area contributed by atoms with Gasteiger partial charge in [-0.25, -0.2) is 4.68 Å². The molecule has 39 heavy (non-hydrogen) atoms. The summed E-state index contributed by atoms with van der Waals surface area (Å²) in [6.07, 6.45) is -2.61. The number of rotatable bonds is 8. The maximum Gasteiger partial charge on any atom is 0.434 e. The van der Waals surface area contributed by atoms with Gasteiger partial charge in [0.25, 0.3) is 5.89 Å². The molecule has 2 aromatic carbocycles. The number of carboxylic acid groups (broad SMARTS) is 1. The monoisotopic (exact) mass is 541 g/mol. The van der Waals surface area contributed by atoms with Crippen LogP contribution < -0.4 is 0 Å². The van der Waals surface area contributed by atoms with E-state index in [1.807, 2.05) is 0 Å². The molecule has 0 bridgehead atoms. The summed E-state index contributed by atoms with van der Waals surface area (Å²) in [5.41, 5.74) is 0.0354. The van der Waals surface area contributed by atoms with Crippen LogP contribution in [0.2, 0.25) is 0 Å². The van der Waals surface area contributed by atoms with Gasteiger partial charge in [-0.05, 0) is 43.0 Å². The zero-order chi connectivity index (χ0) is 27.6. The number of carbonyl (C=O) groups is 1. The molecule has 2 aromatic heterocycles. The van der Waals surface area contributed by atoms with E-state index in [9.17, 15) is 23.1 Å². The zero-order valence-corrected chi connectivity index (χ0v) is 20.8. The Morgan fingerprint density at radius 1 is 1.13 bits per heavy atom. The summed E-state index contributed by atoms with van der Waals surface area (Å²) in [4.78, 5) is 17.3. The summed E-state index contributed by atoms with van der Waals surface area (Å²) in [5.74, 6) is -0.970. The molecule has 1 saturated heterocycles. The van der Waals surface area contributed by atoms with Crippen molar-refractivity contribution >= 4 is 5.97 Å². The van der Waals surface area contributed by atoms with Crippen LogP contribution in [0.3, 0.4) is 0 Å². The van der Waals surface area contributed by atoms with Gasteiger partial charge >= 0.3 is 12.1 Å². The van der Waals surface area contributed by atoms with Crippen LogP contribution >= 0.6 is 0 Å². The average molecular weight is 542 g/mol. The van der Waals surface area contributed by atoms with Gasteiger partial charge < -0.3 is 19.6 Å². The van der Waals surface area contributed by atoms with E-state index in [1.54, 1.807) is 42.5 Å². The number of hydrogen-bond donors (Lipinski definition) is 2. The van der Waals surface area contributed by atoms with Crippen LogP contribution in [0.1, 0.15) is 36.6 Å². The van der Waals surface area contributed by atoms with E-state index in [0.29, 0.717) is 24.2 Å². The highest BCUT2D eigenvalue weighted by Gasteiger charge is 2.40. The minimum Gasteiger partial charge on any atom is -0.481 e. The number of para-hydroxylation sites is 1. The molecular formula is C27H26F3N5O4. The molecule has 1 aliphatic rings. The lowest BCUT2D eigenvalue weighted by Crippen LogP contribution is -2.38. The summed E-state index contributed by atoms with van der Waals surface area (Å²) in [7, 11) is 0. The Morgan fingerprint density at radius 3 is 2.56 bits per heavy atom.